The number of imidazole rings is 1. The molecular formula is C26H29N5O2. The molecule has 2 aromatic heterocycles. The zero-order valence-corrected chi connectivity index (χ0v) is 19.3. The molecule has 0 radical (unpaired) electrons. The highest BCUT2D eigenvalue weighted by atomic mass is 16.5. The molecule has 0 unspecified atom stereocenters. The van der Waals surface area contributed by atoms with Gasteiger partial charge in [-0.05, 0) is 74.1 Å². The first-order valence-electron chi connectivity index (χ1n) is 11.4. The fourth-order valence-electron chi connectivity index (χ4n) is 4.59. The van der Waals surface area contributed by atoms with E-state index in [2.05, 4.69) is 45.7 Å². The van der Waals surface area contributed by atoms with Gasteiger partial charge >= 0.3 is 0 Å². The van der Waals surface area contributed by atoms with Crippen LogP contribution >= 0.6 is 0 Å². The number of aromatic amines is 1. The molecule has 0 bridgehead atoms. The van der Waals surface area contributed by atoms with Crippen LogP contribution in [0, 0.1) is 19.8 Å². The number of nitrogens with zero attached hydrogens (tertiary/aromatic N) is 4. The van der Waals surface area contributed by atoms with E-state index >= 15 is 0 Å². The van der Waals surface area contributed by atoms with Crippen LogP contribution in [-0.2, 0) is 6.54 Å². The molecule has 0 spiro atoms. The number of aryl methyl sites for hydroxylation is 2. The highest BCUT2D eigenvalue weighted by Gasteiger charge is 2.25. The number of amides is 1. The van der Waals surface area contributed by atoms with Crippen molar-refractivity contribution in [1.29, 1.82) is 0 Å². The third-order valence-electron chi connectivity index (χ3n) is 6.77. The second-order valence-corrected chi connectivity index (χ2v) is 8.96. The van der Waals surface area contributed by atoms with Gasteiger partial charge in [-0.2, -0.15) is 5.10 Å². The van der Waals surface area contributed by atoms with Crippen LogP contribution < -0.4 is 4.74 Å². The fourth-order valence-corrected chi connectivity index (χ4v) is 4.59. The van der Waals surface area contributed by atoms with E-state index < -0.39 is 0 Å². The van der Waals surface area contributed by atoms with Crippen LogP contribution in [0.1, 0.15) is 34.5 Å². The number of H-pyrrole nitrogens is 1. The number of fused-ring (bicyclic) bond motifs is 1. The minimum absolute atomic E-state index is 0.00859. The Labute approximate surface area is 193 Å². The lowest BCUT2D eigenvalue weighted by Crippen LogP contribution is -2.39. The standard InChI is InChI=1S/C26H29N5O2/c1-17-11-23-25(12-18(17)2)31(16-27-23)15-19-7-9-30(10-8-19)26(32)24-14-22(28-29-24)20-5-4-6-21(13-20)33-3/h4-6,11-14,16,19H,7-10,15H2,1-3H3,(H,28,29). The van der Waals surface area contributed by atoms with Crippen molar-refractivity contribution in [3.05, 3.63) is 65.6 Å². The smallest absolute Gasteiger partial charge is 0.271 e. The van der Waals surface area contributed by atoms with E-state index in [1.54, 1.807) is 7.11 Å². The molecule has 3 heterocycles. The van der Waals surface area contributed by atoms with Crippen molar-refractivity contribution in [1.82, 2.24) is 24.6 Å². The zero-order chi connectivity index (χ0) is 22.9. The molecule has 4 aromatic rings. The van der Waals surface area contributed by atoms with Gasteiger partial charge in [0.1, 0.15) is 11.4 Å². The van der Waals surface area contributed by atoms with E-state index in [4.69, 9.17) is 4.74 Å². The van der Waals surface area contributed by atoms with Crippen LogP contribution in [0.25, 0.3) is 22.3 Å². The van der Waals surface area contributed by atoms with E-state index in [0.717, 1.165) is 55.0 Å². The highest BCUT2D eigenvalue weighted by Crippen LogP contribution is 2.26. The number of piperidine rings is 1. The summed E-state index contributed by atoms with van der Waals surface area (Å²) in [5.74, 6) is 1.30. The van der Waals surface area contributed by atoms with E-state index in [1.807, 2.05) is 41.6 Å². The number of benzene rings is 2. The van der Waals surface area contributed by atoms with Gasteiger partial charge in [0.15, 0.2) is 0 Å². The van der Waals surface area contributed by atoms with E-state index in [-0.39, 0.29) is 5.91 Å². The molecule has 7 heteroatoms. The number of rotatable bonds is 5. The second kappa shape index (κ2) is 8.73. The molecular weight excluding hydrogens is 414 g/mol. The number of carbonyl (C=O) groups excluding carboxylic acids is 1. The fraction of sp³-hybridized carbons (Fsp3) is 0.346. The van der Waals surface area contributed by atoms with Gasteiger partial charge in [0, 0.05) is 25.2 Å². The summed E-state index contributed by atoms with van der Waals surface area (Å²) in [6.45, 7) is 6.71. The lowest BCUT2D eigenvalue weighted by Gasteiger charge is -2.32. The topological polar surface area (TPSA) is 76.0 Å². The molecule has 5 rings (SSSR count). The SMILES string of the molecule is COc1cccc(-c2cc(C(=O)N3CCC(Cn4cnc5cc(C)c(C)cc54)CC3)[nH]n2)c1. The second-order valence-electron chi connectivity index (χ2n) is 8.96. The third kappa shape index (κ3) is 4.23. The van der Waals surface area contributed by atoms with Gasteiger partial charge in [-0.3, -0.25) is 9.89 Å². The minimum Gasteiger partial charge on any atom is -0.497 e. The predicted octanol–water partition coefficient (Wildman–Crippen LogP) is 4.60. The summed E-state index contributed by atoms with van der Waals surface area (Å²) >= 11 is 0. The van der Waals surface area contributed by atoms with Crippen LogP contribution in [0.2, 0.25) is 0 Å². The predicted molar refractivity (Wildman–Crippen MR) is 128 cm³/mol. The molecule has 2 aromatic carbocycles. The number of hydrogen-bond donors (Lipinski definition) is 1. The minimum atomic E-state index is 0.00859. The number of methoxy groups -OCH3 is 1. The van der Waals surface area contributed by atoms with Gasteiger partial charge in [-0.1, -0.05) is 12.1 Å². The maximum absolute atomic E-state index is 13.1. The number of hydrogen-bond acceptors (Lipinski definition) is 4. The molecule has 1 N–H and O–H groups in total. The molecule has 7 nitrogen and oxygen atoms in total. The van der Waals surface area contributed by atoms with Gasteiger partial charge in [0.2, 0.25) is 0 Å². The van der Waals surface area contributed by atoms with Crippen LogP contribution in [0.5, 0.6) is 5.75 Å². The first-order valence-corrected chi connectivity index (χ1v) is 11.4. The van der Waals surface area contributed by atoms with E-state index in [1.165, 1.54) is 16.6 Å². The Morgan fingerprint density at radius 1 is 1.12 bits per heavy atom. The summed E-state index contributed by atoms with van der Waals surface area (Å²) in [7, 11) is 1.64. The lowest BCUT2D eigenvalue weighted by atomic mass is 9.96. The third-order valence-corrected chi connectivity index (χ3v) is 6.77. The summed E-state index contributed by atoms with van der Waals surface area (Å²) < 4.78 is 7.55. The average Bonchev–Trinajstić information content (AvgIpc) is 3.48. The number of ether oxygens (including phenoxy) is 1. The summed E-state index contributed by atoms with van der Waals surface area (Å²) in [6.07, 6.45) is 3.91. The Hall–Kier alpha value is -3.61. The Balaban J connectivity index is 1.22. The summed E-state index contributed by atoms with van der Waals surface area (Å²) in [5.41, 5.74) is 6.99. The summed E-state index contributed by atoms with van der Waals surface area (Å²) in [5, 5.41) is 7.27. The van der Waals surface area contributed by atoms with Crippen molar-refractivity contribution >= 4 is 16.9 Å². The maximum atomic E-state index is 13.1. The van der Waals surface area contributed by atoms with Crippen LogP contribution in [0.4, 0.5) is 0 Å². The Bertz CT molecular complexity index is 1300. The van der Waals surface area contributed by atoms with Crippen molar-refractivity contribution in [3.8, 4) is 17.0 Å². The summed E-state index contributed by atoms with van der Waals surface area (Å²) in [4.78, 5) is 19.6. The zero-order valence-electron chi connectivity index (χ0n) is 19.3. The van der Waals surface area contributed by atoms with Crippen molar-refractivity contribution in [2.24, 2.45) is 5.92 Å². The van der Waals surface area contributed by atoms with Crippen molar-refractivity contribution in [2.45, 2.75) is 33.2 Å². The van der Waals surface area contributed by atoms with Gasteiger partial charge < -0.3 is 14.2 Å². The van der Waals surface area contributed by atoms with E-state index in [9.17, 15) is 4.79 Å². The van der Waals surface area contributed by atoms with Gasteiger partial charge in [-0.25, -0.2) is 4.98 Å². The molecule has 33 heavy (non-hydrogen) atoms. The Morgan fingerprint density at radius 2 is 1.91 bits per heavy atom. The van der Waals surface area contributed by atoms with Crippen LogP contribution in [0.15, 0.2) is 48.8 Å². The Kier molecular flexibility index (Phi) is 5.62. The van der Waals surface area contributed by atoms with Gasteiger partial charge in [-0.15, -0.1) is 0 Å². The largest absolute Gasteiger partial charge is 0.497 e. The first-order chi connectivity index (χ1) is 16.0. The monoisotopic (exact) mass is 443 g/mol. The van der Waals surface area contributed by atoms with Gasteiger partial charge in [0.05, 0.1) is 30.2 Å². The molecule has 0 saturated carbocycles. The molecule has 1 aliphatic heterocycles. The van der Waals surface area contributed by atoms with Crippen LogP contribution in [0.3, 0.4) is 0 Å². The first kappa shape index (κ1) is 21.2. The van der Waals surface area contributed by atoms with Crippen molar-refractivity contribution in [2.75, 3.05) is 20.2 Å². The maximum Gasteiger partial charge on any atom is 0.271 e. The number of nitrogens with one attached hydrogen (secondary N) is 1. The number of carbonyl (C=O) groups is 1. The molecule has 1 amide bonds. The number of likely N-dealkylation sites (tertiary alicyclic amines) is 1. The molecule has 170 valence electrons. The van der Waals surface area contributed by atoms with E-state index in [0.29, 0.717) is 11.6 Å². The van der Waals surface area contributed by atoms with Crippen LogP contribution in [-0.4, -0.2) is 50.8 Å². The molecule has 1 aliphatic rings. The highest BCUT2D eigenvalue weighted by molar-refractivity contribution is 5.93. The number of aromatic nitrogens is 4. The Morgan fingerprint density at radius 3 is 2.70 bits per heavy atom. The molecule has 0 atom stereocenters. The normalized spacial score (nSPS) is 14.7. The molecule has 0 aliphatic carbocycles. The molecule has 1 fully saturated rings. The molecule has 1 saturated heterocycles. The summed E-state index contributed by atoms with van der Waals surface area (Å²) in [6, 6.07) is 13.9. The van der Waals surface area contributed by atoms with Crippen molar-refractivity contribution in [3.63, 3.8) is 0 Å². The van der Waals surface area contributed by atoms with Crippen molar-refractivity contribution < 1.29 is 9.53 Å². The van der Waals surface area contributed by atoms with Gasteiger partial charge in [0.25, 0.3) is 5.91 Å². The average molecular weight is 444 g/mol. The quantitative estimate of drug-likeness (QED) is 0.489. The lowest BCUT2D eigenvalue weighted by molar-refractivity contribution is 0.0677.